The van der Waals surface area contributed by atoms with Gasteiger partial charge in [-0.05, 0) is 24.3 Å². The maximum atomic E-state index is 13.4. The number of nitro groups is 1. The molecule has 25 heavy (non-hydrogen) atoms. The van der Waals surface area contributed by atoms with Crippen LogP contribution in [0, 0.1) is 15.9 Å². The normalized spacial score (nSPS) is 10.6. The molecule has 0 bridgehead atoms. The third-order valence-corrected chi connectivity index (χ3v) is 4.17. The Morgan fingerprint density at radius 3 is 2.88 bits per heavy atom. The highest BCUT2D eigenvalue weighted by Crippen LogP contribution is 2.30. The number of benzene rings is 2. The standard InChI is InChI=1S/C16H12FN3O4S/c1-23-14-6-5-12(17)7-11(14)9-25-16-19-18-15(24-16)10-3-2-4-13(8-10)20(21)22/h2-8H,9H2,1H3. The van der Waals surface area contributed by atoms with E-state index in [2.05, 4.69) is 10.2 Å². The molecule has 7 nitrogen and oxygen atoms in total. The lowest BCUT2D eigenvalue weighted by molar-refractivity contribution is -0.384. The molecule has 0 amide bonds. The first-order valence-corrected chi connectivity index (χ1v) is 8.09. The van der Waals surface area contributed by atoms with Gasteiger partial charge < -0.3 is 9.15 Å². The molecule has 0 aliphatic heterocycles. The van der Waals surface area contributed by atoms with Gasteiger partial charge in [0.25, 0.3) is 10.9 Å². The van der Waals surface area contributed by atoms with E-state index in [0.29, 0.717) is 22.6 Å². The van der Waals surface area contributed by atoms with Gasteiger partial charge in [0.15, 0.2) is 0 Å². The van der Waals surface area contributed by atoms with Crippen LogP contribution >= 0.6 is 11.8 Å². The number of non-ortho nitro benzene ring substituents is 1. The minimum absolute atomic E-state index is 0.0607. The number of hydrogen-bond donors (Lipinski definition) is 0. The molecule has 0 aliphatic rings. The van der Waals surface area contributed by atoms with E-state index in [0.717, 1.165) is 0 Å². The van der Waals surface area contributed by atoms with Crippen molar-refractivity contribution in [3.05, 3.63) is 64.0 Å². The van der Waals surface area contributed by atoms with E-state index in [4.69, 9.17) is 9.15 Å². The van der Waals surface area contributed by atoms with Gasteiger partial charge in [0.05, 0.1) is 12.0 Å². The minimum Gasteiger partial charge on any atom is -0.496 e. The molecule has 1 heterocycles. The van der Waals surface area contributed by atoms with E-state index in [1.165, 1.54) is 43.1 Å². The summed E-state index contributed by atoms with van der Waals surface area (Å²) in [6.07, 6.45) is 0. The van der Waals surface area contributed by atoms with E-state index in [1.54, 1.807) is 18.2 Å². The van der Waals surface area contributed by atoms with Gasteiger partial charge in [-0.15, -0.1) is 10.2 Å². The van der Waals surface area contributed by atoms with E-state index in [1.807, 2.05) is 0 Å². The van der Waals surface area contributed by atoms with Crippen LogP contribution in [-0.2, 0) is 5.75 Å². The number of nitro benzene ring substituents is 1. The Labute approximate surface area is 146 Å². The SMILES string of the molecule is COc1ccc(F)cc1CSc1nnc(-c2cccc([N+](=O)[O-])c2)o1. The van der Waals surface area contributed by atoms with Crippen molar-refractivity contribution >= 4 is 17.4 Å². The number of nitrogens with zero attached hydrogens (tertiary/aromatic N) is 3. The van der Waals surface area contributed by atoms with Crippen LogP contribution in [0.1, 0.15) is 5.56 Å². The van der Waals surface area contributed by atoms with Gasteiger partial charge in [-0.1, -0.05) is 17.8 Å². The van der Waals surface area contributed by atoms with Crippen molar-refractivity contribution in [1.82, 2.24) is 10.2 Å². The molecule has 3 aromatic rings. The molecule has 128 valence electrons. The van der Waals surface area contributed by atoms with E-state index < -0.39 is 4.92 Å². The summed E-state index contributed by atoms with van der Waals surface area (Å²) < 4.78 is 24.1. The molecule has 0 fully saturated rings. The zero-order chi connectivity index (χ0) is 17.8. The van der Waals surface area contributed by atoms with Gasteiger partial charge >= 0.3 is 0 Å². The highest BCUT2D eigenvalue weighted by atomic mass is 32.2. The molecule has 9 heteroatoms. The molecule has 0 N–H and O–H groups in total. The maximum Gasteiger partial charge on any atom is 0.277 e. The van der Waals surface area contributed by atoms with E-state index >= 15 is 0 Å². The van der Waals surface area contributed by atoms with Crippen molar-refractivity contribution in [2.24, 2.45) is 0 Å². The van der Waals surface area contributed by atoms with Crippen LogP contribution in [-0.4, -0.2) is 22.2 Å². The maximum absolute atomic E-state index is 13.4. The Morgan fingerprint density at radius 1 is 1.28 bits per heavy atom. The lowest BCUT2D eigenvalue weighted by atomic mass is 10.2. The summed E-state index contributed by atoms with van der Waals surface area (Å²) in [5.74, 6) is 0.751. The van der Waals surface area contributed by atoms with Crippen molar-refractivity contribution in [2.75, 3.05) is 7.11 Å². The topological polar surface area (TPSA) is 91.3 Å². The van der Waals surface area contributed by atoms with Crippen LogP contribution in [0.3, 0.4) is 0 Å². The Morgan fingerprint density at radius 2 is 2.12 bits per heavy atom. The Bertz CT molecular complexity index is 916. The quantitative estimate of drug-likeness (QED) is 0.371. The molecule has 0 saturated heterocycles. The van der Waals surface area contributed by atoms with Gasteiger partial charge in [-0.2, -0.15) is 0 Å². The first kappa shape index (κ1) is 16.9. The number of thioether (sulfide) groups is 1. The molecule has 0 spiro atoms. The molecular formula is C16H12FN3O4S. The van der Waals surface area contributed by atoms with Gasteiger partial charge in [0, 0.05) is 29.0 Å². The van der Waals surface area contributed by atoms with Crippen molar-refractivity contribution in [3.8, 4) is 17.2 Å². The second kappa shape index (κ2) is 7.31. The third kappa shape index (κ3) is 3.94. The highest BCUT2D eigenvalue weighted by molar-refractivity contribution is 7.98. The number of ether oxygens (including phenoxy) is 1. The summed E-state index contributed by atoms with van der Waals surface area (Å²) in [5, 5.41) is 18.9. The van der Waals surface area contributed by atoms with Crippen molar-refractivity contribution in [3.63, 3.8) is 0 Å². The summed E-state index contributed by atoms with van der Waals surface area (Å²) in [5.41, 5.74) is 1.05. The van der Waals surface area contributed by atoms with Crippen LogP contribution < -0.4 is 4.74 Å². The number of aromatic nitrogens is 2. The second-order valence-electron chi connectivity index (χ2n) is 4.93. The average Bonchev–Trinajstić information content (AvgIpc) is 3.09. The summed E-state index contributed by atoms with van der Waals surface area (Å²) in [7, 11) is 1.51. The van der Waals surface area contributed by atoms with Crippen LogP contribution in [0.5, 0.6) is 5.75 Å². The van der Waals surface area contributed by atoms with E-state index in [-0.39, 0.29) is 22.6 Å². The molecule has 3 rings (SSSR count). The van der Waals surface area contributed by atoms with Crippen molar-refractivity contribution in [2.45, 2.75) is 11.0 Å². The van der Waals surface area contributed by atoms with Crippen LogP contribution in [0.15, 0.2) is 52.1 Å². The number of rotatable bonds is 6. The first-order chi connectivity index (χ1) is 12.1. The Balaban J connectivity index is 1.75. The Hall–Kier alpha value is -2.94. The lowest BCUT2D eigenvalue weighted by Gasteiger charge is -2.06. The molecule has 0 radical (unpaired) electrons. The largest absolute Gasteiger partial charge is 0.496 e. The number of hydrogen-bond acceptors (Lipinski definition) is 7. The zero-order valence-electron chi connectivity index (χ0n) is 13.0. The number of halogens is 1. The second-order valence-corrected chi connectivity index (χ2v) is 5.85. The summed E-state index contributed by atoms with van der Waals surface area (Å²) in [6.45, 7) is 0. The predicted octanol–water partition coefficient (Wildman–Crippen LogP) is 4.08. The molecule has 2 aromatic carbocycles. The smallest absolute Gasteiger partial charge is 0.277 e. The summed E-state index contributed by atoms with van der Waals surface area (Å²) in [4.78, 5) is 10.3. The average molecular weight is 361 g/mol. The van der Waals surface area contributed by atoms with Crippen LogP contribution in [0.2, 0.25) is 0 Å². The number of methoxy groups -OCH3 is 1. The highest BCUT2D eigenvalue weighted by Gasteiger charge is 2.14. The van der Waals surface area contributed by atoms with Crippen LogP contribution in [0.25, 0.3) is 11.5 Å². The fourth-order valence-corrected chi connectivity index (χ4v) is 2.88. The lowest BCUT2D eigenvalue weighted by Crippen LogP contribution is -1.91. The summed E-state index contributed by atoms with van der Waals surface area (Å²) >= 11 is 1.22. The predicted molar refractivity (Wildman–Crippen MR) is 88.9 cm³/mol. The fourth-order valence-electron chi connectivity index (χ4n) is 2.14. The van der Waals surface area contributed by atoms with Crippen LogP contribution in [0.4, 0.5) is 10.1 Å². The molecular weight excluding hydrogens is 349 g/mol. The fraction of sp³-hybridized carbons (Fsp3) is 0.125. The van der Waals surface area contributed by atoms with Crippen molar-refractivity contribution < 1.29 is 18.5 Å². The van der Waals surface area contributed by atoms with Crippen molar-refractivity contribution in [1.29, 1.82) is 0 Å². The minimum atomic E-state index is -0.494. The zero-order valence-corrected chi connectivity index (χ0v) is 13.8. The monoisotopic (exact) mass is 361 g/mol. The Kier molecular flexibility index (Phi) is 4.94. The first-order valence-electron chi connectivity index (χ1n) is 7.10. The summed E-state index contributed by atoms with van der Waals surface area (Å²) in [6, 6.07) is 10.2. The van der Waals surface area contributed by atoms with Gasteiger partial charge in [-0.25, -0.2) is 4.39 Å². The molecule has 0 atom stereocenters. The third-order valence-electron chi connectivity index (χ3n) is 3.30. The molecule has 0 aliphatic carbocycles. The van der Waals surface area contributed by atoms with E-state index in [9.17, 15) is 14.5 Å². The van der Waals surface area contributed by atoms with Gasteiger partial charge in [-0.3, -0.25) is 10.1 Å². The molecule has 0 saturated carbocycles. The molecule has 0 unspecified atom stereocenters. The van der Waals surface area contributed by atoms with Gasteiger partial charge in [0.2, 0.25) is 5.89 Å². The molecule has 1 aromatic heterocycles. The van der Waals surface area contributed by atoms with Gasteiger partial charge in [0.1, 0.15) is 11.6 Å².